The van der Waals surface area contributed by atoms with Crippen LogP contribution in [0.15, 0.2) is 0 Å². The number of nitrogens with two attached hydrogens (primary N) is 1. The third-order valence-corrected chi connectivity index (χ3v) is 2.65. The topological polar surface area (TPSA) is 84.2 Å². The number of hydrogen-bond donors (Lipinski definition) is 3. The Morgan fingerprint density at radius 1 is 1.62 bits per heavy atom. The molecule has 0 aromatic carbocycles. The van der Waals surface area contributed by atoms with Crippen LogP contribution in [0.5, 0.6) is 0 Å². The number of halogens is 1. The van der Waals surface area contributed by atoms with Gasteiger partial charge in [0, 0.05) is 19.0 Å². The van der Waals surface area contributed by atoms with Crippen molar-refractivity contribution in [1.29, 1.82) is 0 Å². The summed E-state index contributed by atoms with van der Waals surface area (Å²) in [6.45, 7) is 2.77. The minimum absolute atomic E-state index is 0. The largest absolute Gasteiger partial charge is 0.354 e. The molecule has 1 fully saturated rings. The maximum Gasteiger partial charge on any atom is 0.242 e. The van der Waals surface area contributed by atoms with Crippen molar-refractivity contribution in [3.63, 3.8) is 0 Å². The molecule has 2 unspecified atom stereocenters. The van der Waals surface area contributed by atoms with Crippen molar-refractivity contribution in [2.24, 2.45) is 11.7 Å². The quantitative estimate of drug-likeness (QED) is 0.647. The number of rotatable bonds is 3. The highest BCUT2D eigenvalue weighted by molar-refractivity contribution is 5.88. The van der Waals surface area contributed by atoms with E-state index in [4.69, 9.17) is 5.73 Å². The molecule has 16 heavy (non-hydrogen) atoms. The van der Waals surface area contributed by atoms with Crippen molar-refractivity contribution < 1.29 is 9.59 Å². The molecule has 1 rings (SSSR count). The minimum atomic E-state index is -0.381. The maximum absolute atomic E-state index is 11.5. The summed E-state index contributed by atoms with van der Waals surface area (Å²) in [6.07, 6.45) is 2.65. The molecule has 0 saturated carbocycles. The molecule has 0 aromatic rings. The predicted octanol–water partition coefficient (Wildman–Crippen LogP) is -0.212. The number of nitrogens with one attached hydrogen (secondary N) is 2. The molecule has 4 N–H and O–H groups in total. The first-order valence-electron chi connectivity index (χ1n) is 5.43. The average Bonchev–Trinajstić information content (AvgIpc) is 2.43. The highest BCUT2D eigenvalue weighted by Crippen LogP contribution is 2.06. The van der Waals surface area contributed by atoms with Crippen LogP contribution in [0.25, 0.3) is 0 Å². The summed E-state index contributed by atoms with van der Waals surface area (Å²) >= 11 is 0. The normalized spacial score (nSPS) is 22.4. The third kappa shape index (κ3) is 4.37. The van der Waals surface area contributed by atoms with E-state index in [0.29, 0.717) is 13.1 Å². The molecule has 5 nitrogen and oxygen atoms in total. The first-order valence-corrected chi connectivity index (χ1v) is 5.43. The van der Waals surface area contributed by atoms with Crippen LogP contribution in [0.1, 0.15) is 26.2 Å². The zero-order chi connectivity index (χ0) is 11.3. The highest BCUT2D eigenvalue weighted by Gasteiger charge is 2.23. The van der Waals surface area contributed by atoms with Crippen molar-refractivity contribution in [3.8, 4) is 0 Å². The van der Waals surface area contributed by atoms with E-state index in [1.807, 2.05) is 0 Å². The second kappa shape index (κ2) is 7.46. The maximum atomic E-state index is 11.5. The number of amides is 2. The Morgan fingerprint density at radius 3 is 2.94 bits per heavy atom. The molecule has 0 bridgehead atoms. The lowest BCUT2D eigenvalue weighted by molar-refractivity contribution is -0.130. The van der Waals surface area contributed by atoms with Crippen LogP contribution in [0, 0.1) is 5.92 Å². The Balaban J connectivity index is 0.00000225. The molecule has 94 valence electrons. The van der Waals surface area contributed by atoms with Crippen LogP contribution in [0.2, 0.25) is 0 Å². The summed E-state index contributed by atoms with van der Waals surface area (Å²) < 4.78 is 0. The summed E-state index contributed by atoms with van der Waals surface area (Å²) in [7, 11) is 0. The lowest BCUT2D eigenvalue weighted by Crippen LogP contribution is -2.47. The van der Waals surface area contributed by atoms with Gasteiger partial charge in [-0.05, 0) is 19.3 Å². The van der Waals surface area contributed by atoms with Gasteiger partial charge in [-0.25, -0.2) is 0 Å². The van der Waals surface area contributed by atoms with Gasteiger partial charge in [0.2, 0.25) is 11.8 Å². The van der Waals surface area contributed by atoms with Gasteiger partial charge in [-0.3, -0.25) is 9.59 Å². The fraction of sp³-hybridized carbons (Fsp3) is 0.800. The molecule has 2 amide bonds. The summed E-state index contributed by atoms with van der Waals surface area (Å²) in [6, 6.07) is -0.381. The highest BCUT2D eigenvalue weighted by atomic mass is 35.5. The summed E-state index contributed by atoms with van der Waals surface area (Å²) in [4.78, 5) is 23.0. The van der Waals surface area contributed by atoms with Gasteiger partial charge in [-0.2, -0.15) is 0 Å². The van der Waals surface area contributed by atoms with Gasteiger partial charge in [0.1, 0.15) is 6.04 Å². The SMILES string of the molecule is CC(CN)C(=O)NC1CCCCNC1=O.Cl. The van der Waals surface area contributed by atoms with Crippen molar-refractivity contribution in [3.05, 3.63) is 0 Å². The van der Waals surface area contributed by atoms with Gasteiger partial charge in [0.25, 0.3) is 0 Å². The van der Waals surface area contributed by atoms with Crippen molar-refractivity contribution in [2.45, 2.75) is 32.2 Å². The molecule has 1 aliphatic heterocycles. The van der Waals surface area contributed by atoms with Gasteiger partial charge >= 0.3 is 0 Å². The summed E-state index contributed by atoms with van der Waals surface area (Å²) in [5.41, 5.74) is 5.38. The van der Waals surface area contributed by atoms with E-state index in [2.05, 4.69) is 10.6 Å². The number of carbonyl (C=O) groups is 2. The molecule has 2 atom stereocenters. The minimum Gasteiger partial charge on any atom is -0.354 e. The monoisotopic (exact) mass is 249 g/mol. The Morgan fingerprint density at radius 2 is 2.31 bits per heavy atom. The smallest absolute Gasteiger partial charge is 0.242 e. The molecule has 0 aromatic heterocycles. The predicted molar refractivity (Wildman–Crippen MR) is 64.3 cm³/mol. The molecule has 0 radical (unpaired) electrons. The van der Waals surface area contributed by atoms with Gasteiger partial charge in [-0.15, -0.1) is 12.4 Å². The van der Waals surface area contributed by atoms with Crippen LogP contribution in [0.3, 0.4) is 0 Å². The molecule has 0 spiro atoms. The lowest BCUT2D eigenvalue weighted by atomic mass is 10.1. The van der Waals surface area contributed by atoms with Crippen LogP contribution < -0.4 is 16.4 Å². The number of carbonyl (C=O) groups excluding carboxylic acids is 2. The van der Waals surface area contributed by atoms with Crippen LogP contribution in [0.4, 0.5) is 0 Å². The summed E-state index contributed by atoms with van der Waals surface area (Å²) in [5, 5.41) is 5.50. The molecular formula is C10H20ClN3O2. The van der Waals surface area contributed by atoms with E-state index in [1.54, 1.807) is 6.92 Å². The number of hydrogen-bond acceptors (Lipinski definition) is 3. The second-order valence-electron chi connectivity index (χ2n) is 3.98. The average molecular weight is 250 g/mol. The third-order valence-electron chi connectivity index (χ3n) is 2.65. The fourth-order valence-corrected chi connectivity index (χ4v) is 1.50. The van der Waals surface area contributed by atoms with Gasteiger partial charge < -0.3 is 16.4 Å². The van der Waals surface area contributed by atoms with Gasteiger partial charge in [0.05, 0.1) is 0 Å². The summed E-state index contributed by atoms with van der Waals surface area (Å²) in [5.74, 6) is -0.453. The molecule has 0 aliphatic carbocycles. The van der Waals surface area contributed by atoms with Crippen LogP contribution >= 0.6 is 12.4 Å². The lowest BCUT2D eigenvalue weighted by Gasteiger charge is -2.17. The van der Waals surface area contributed by atoms with Crippen molar-refractivity contribution in [1.82, 2.24) is 10.6 Å². The zero-order valence-corrected chi connectivity index (χ0v) is 10.3. The van der Waals surface area contributed by atoms with Crippen LogP contribution in [-0.4, -0.2) is 30.9 Å². The molecule has 1 heterocycles. The molecule has 1 saturated heterocycles. The first-order chi connectivity index (χ1) is 7.15. The Hall–Kier alpha value is -0.810. The fourth-order valence-electron chi connectivity index (χ4n) is 1.50. The van der Waals surface area contributed by atoms with E-state index >= 15 is 0 Å². The Kier molecular flexibility index (Phi) is 7.08. The van der Waals surface area contributed by atoms with Crippen molar-refractivity contribution in [2.75, 3.05) is 13.1 Å². The van der Waals surface area contributed by atoms with E-state index in [9.17, 15) is 9.59 Å². The van der Waals surface area contributed by atoms with E-state index in [-0.39, 0.29) is 36.2 Å². The van der Waals surface area contributed by atoms with Crippen LogP contribution in [-0.2, 0) is 9.59 Å². The Labute approximate surface area is 102 Å². The zero-order valence-electron chi connectivity index (χ0n) is 9.49. The van der Waals surface area contributed by atoms with Gasteiger partial charge in [-0.1, -0.05) is 6.92 Å². The first kappa shape index (κ1) is 15.2. The Bertz CT molecular complexity index is 248. The standard InChI is InChI=1S/C10H19N3O2.ClH/c1-7(6-11)9(14)13-8-4-2-3-5-12-10(8)15;/h7-8H,2-6,11H2,1H3,(H,12,15)(H,13,14);1H. The van der Waals surface area contributed by atoms with Crippen molar-refractivity contribution >= 4 is 24.2 Å². The van der Waals surface area contributed by atoms with Gasteiger partial charge in [0.15, 0.2) is 0 Å². The second-order valence-corrected chi connectivity index (χ2v) is 3.98. The van der Waals surface area contributed by atoms with E-state index in [0.717, 1.165) is 19.3 Å². The molecule has 6 heteroatoms. The molecule has 1 aliphatic rings. The molecular weight excluding hydrogens is 230 g/mol. The van der Waals surface area contributed by atoms with E-state index < -0.39 is 0 Å². The van der Waals surface area contributed by atoms with E-state index in [1.165, 1.54) is 0 Å².